The van der Waals surface area contributed by atoms with Gasteiger partial charge in [-0.1, -0.05) is 66.4 Å². The lowest BCUT2D eigenvalue weighted by Crippen LogP contribution is -2.22. The Morgan fingerprint density at radius 1 is 0.889 bits per heavy atom. The standard InChI is InChI=1S/C28H21N3O3S2/c32-27(29-22-14-7-8-15-26(22)36-21-12-5-2-6-13-21)19-34-28(33)24-18-23(25-16-9-17-35-25)30-31(24)20-10-3-1-4-11-20/h1-18H,19H2,(H,29,32). The fourth-order valence-electron chi connectivity index (χ4n) is 3.50. The summed E-state index contributed by atoms with van der Waals surface area (Å²) in [5.41, 5.74) is 2.29. The van der Waals surface area contributed by atoms with Crippen LogP contribution < -0.4 is 5.32 Å². The van der Waals surface area contributed by atoms with E-state index in [9.17, 15) is 9.59 Å². The summed E-state index contributed by atoms with van der Waals surface area (Å²) in [5.74, 6) is -1.05. The van der Waals surface area contributed by atoms with Gasteiger partial charge in [0.25, 0.3) is 5.91 Å². The van der Waals surface area contributed by atoms with Crippen molar-refractivity contribution in [3.8, 4) is 16.3 Å². The van der Waals surface area contributed by atoms with Gasteiger partial charge in [-0.15, -0.1) is 11.3 Å². The molecule has 0 aliphatic carbocycles. The summed E-state index contributed by atoms with van der Waals surface area (Å²) >= 11 is 3.08. The molecule has 0 aliphatic rings. The minimum Gasteiger partial charge on any atom is -0.451 e. The highest BCUT2D eigenvalue weighted by Crippen LogP contribution is 2.33. The number of benzene rings is 3. The van der Waals surface area contributed by atoms with Gasteiger partial charge in [0, 0.05) is 15.9 Å². The summed E-state index contributed by atoms with van der Waals surface area (Å²) in [6.07, 6.45) is 0. The van der Waals surface area contributed by atoms with Crippen molar-refractivity contribution in [1.29, 1.82) is 0 Å². The molecule has 1 N–H and O–H groups in total. The van der Waals surface area contributed by atoms with Gasteiger partial charge in [-0.2, -0.15) is 5.10 Å². The van der Waals surface area contributed by atoms with E-state index in [1.807, 2.05) is 102 Å². The van der Waals surface area contributed by atoms with Crippen molar-refractivity contribution < 1.29 is 14.3 Å². The molecule has 0 aliphatic heterocycles. The molecular weight excluding hydrogens is 490 g/mol. The topological polar surface area (TPSA) is 73.2 Å². The fourth-order valence-corrected chi connectivity index (χ4v) is 5.11. The molecule has 0 atom stereocenters. The van der Waals surface area contributed by atoms with Gasteiger partial charge in [-0.25, -0.2) is 9.48 Å². The first-order valence-corrected chi connectivity index (χ1v) is 12.9. The van der Waals surface area contributed by atoms with Crippen LogP contribution in [-0.2, 0) is 9.53 Å². The molecule has 8 heteroatoms. The molecule has 0 spiro atoms. The molecule has 5 aromatic rings. The average Bonchev–Trinajstić information content (AvgIpc) is 3.60. The summed E-state index contributed by atoms with van der Waals surface area (Å²) in [7, 11) is 0. The molecule has 0 unspecified atom stereocenters. The van der Waals surface area contributed by atoms with E-state index < -0.39 is 18.5 Å². The first-order valence-electron chi connectivity index (χ1n) is 11.2. The lowest BCUT2D eigenvalue weighted by Gasteiger charge is -2.11. The number of nitrogens with zero attached hydrogens (tertiary/aromatic N) is 2. The number of carbonyl (C=O) groups excluding carboxylic acids is 2. The number of carbonyl (C=O) groups is 2. The number of rotatable bonds is 8. The SMILES string of the molecule is O=C(COC(=O)c1cc(-c2cccs2)nn1-c1ccccc1)Nc1ccccc1Sc1ccccc1. The molecule has 36 heavy (non-hydrogen) atoms. The molecule has 2 heterocycles. The van der Waals surface area contributed by atoms with E-state index in [1.165, 1.54) is 11.3 Å². The van der Waals surface area contributed by atoms with Gasteiger partial charge in [0.2, 0.25) is 0 Å². The number of thiophene rings is 1. The molecule has 2 aromatic heterocycles. The number of hydrogen-bond acceptors (Lipinski definition) is 6. The average molecular weight is 512 g/mol. The predicted molar refractivity (Wildman–Crippen MR) is 143 cm³/mol. The minimum absolute atomic E-state index is 0.248. The summed E-state index contributed by atoms with van der Waals surface area (Å²) in [5, 5.41) is 9.42. The first kappa shape index (κ1) is 23.6. The van der Waals surface area contributed by atoms with Gasteiger partial charge in [0.05, 0.1) is 16.3 Å². The van der Waals surface area contributed by atoms with Gasteiger partial charge < -0.3 is 10.1 Å². The van der Waals surface area contributed by atoms with Crippen LogP contribution in [0.25, 0.3) is 16.3 Å². The zero-order chi connectivity index (χ0) is 24.7. The van der Waals surface area contributed by atoms with Crippen molar-refractivity contribution in [2.24, 2.45) is 0 Å². The van der Waals surface area contributed by atoms with Crippen LogP contribution in [0.1, 0.15) is 10.5 Å². The summed E-state index contributed by atoms with van der Waals surface area (Å²) in [4.78, 5) is 28.6. The summed E-state index contributed by atoms with van der Waals surface area (Å²) in [6, 6.07) is 32.3. The van der Waals surface area contributed by atoms with E-state index in [0.29, 0.717) is 11.4 Å². The van der Waals surface area contributed by atoms with E-state index in [2.05, 4.69) is 10.4 Å². The number of para-hydroxylation sites is 2. The zero-order valence-corrected chi connectivity index (χ0v) is 20.7. The second kappa shape index (κ2) is 11.1. The molecule has 5 rings (SSSR count). The molecule has 0 bridgehead atoms. The number of hydrogen-bond donors (Lipinski definition) is 1. The van der Waals surface area contributed by atoms with Crippen LogP contribution in [0.5, 0.6) is 0 Å². The molecular formula is C28H21N3O3S2. The van der Waals surface area contributed by atoms with E-state index in [4.69, 9.17) is 4.74 Å². The van der Waals surface area contributed by atoms with Gasteiger partial charge >= 0.3 is 5.97 Å². The van der Waals surface area contributed by atoms with E-state index in [1.54, 1.807) is 22.5 Å². The van der Waals surface area contributed by atoms with Gasteiger partial charge in [0.15, 0.2) is 12.3 Å². The lowest BCUT2D eigenvalue weighted by atomic mass is 10.3. The molecule has 3 aromatic carbocycles. The molecule has 0 fully saturated rings. The molecule has 0 radical (unpaired) electrons. The summed E-state index contributed by atoms with van der Waals surface area (Å²) < 4.78 is 6.94. The molecule has 0 saturated heterocycles. The molecule has 6 nitrogen and oxygen atoms in total. The largest absolute Gasteiger partial charge is 0.451 e. The van der Waals surface area contributed by atoms with Crippen LogP contribution >= 0.6 is 23.1 Å². The third-order valence-electron chi connectivity index (χ3n) is 5.16. The molecule has 1 amide bonds. The first-order chi connectivity index (χ1) is 17.7. The van der Waals surface area contributed by atoms with Crippen LogP contribution in [0.4, 0.5) is 5.69 Å². The normalized spacial score (nSPS) is 10.7. The van der Waals surface area contributed by atoms with Crippen molar-refractivity contribution in [3.05, 3.63) is 114 Å². The third kappa shape index (κ3) is 5.56. The van der Waals surface area contributed by atoms with Gasteiger partial charge in [0.1, 0.15) is 5.69 Å². The van der Waals surface area contributed by atoms with Crippen molar-refractivity contribution in [3.63, 3.8) is 0 Å². The van der Waals surface area contributed by atoms with E-state index in [-0.39, 0.29) is 5.69 Å². The number of nitrogens with one attached hydrogen (secondary N) is 1. The van der Waals surface area contributed by atoms with Crippen LogP contribution in [0.2, 0.25) is 0 Å². The second-order valence-electron chi connectivity index (χ2n) is 7.68. The van der Waals surface area contributed by atoms with Crippen molar-refractivity contribution >= 4 is 40.7 Å². The highest BCUT2D eigenvalue weighted by Gasteiger charge is 2.20. The number of amides is 1. The van der Waals surface area contributed by atoms with E-state index in [0.717, 1.165) is 20.4 Å². The highest BCUT2D eigenvalue weighted by atomic mass is 32.2. The van der Waals surface area contributed by atoms with Gasteiger partial charge in [-0.3, -0.25) is 4.79 Å². The van der Waals surface area contributed by atoms with Crippen LogP contribution in [0, 0.1) is 0 Å². The number of esters is 1. The van der Waals surface area contributed by atoms with Gasteiger partial charge in [-0.05, 0) is 47.8 Å². The Bertz CT molecular complexity index is 1470. The van der Waals surface area contributed by atoms with Crippen molar-refractivity contribution in [2.75, 3.05) is 11.9 Å². The van der Waals surface area contributed by atoms with Crippen molar-refractivity contribution in [1.82, 2.24) is 9.78 Å². The third-order valence-corrected chi connectivity index (χ3v) is 7.14. The van der Waals surface area contributed by atoms with Crippen molar-refractivity contribution in [2.45, 2.75) is 9.79 Å². The summed E-state index contributed by atoms with van der Waals surface area (Å²) in [6.45, 7) is -0.419. The number of anilines is 1. The predicted octanol–water partition coefficient (Wildman–Crippen LogP) is 6.55. The monoisotopic (exact) mass is 511 g/mol. The number of aromatic nitrogens is 2. The Hall–Kier alpha value is -4.14. The molecule has 178 valence electrons. The maximum atomic E-state index is 13.0. The Balaban J connectivity index is 1.29. The quantitative estimate of drug-likeness (QED) is 0.239. The van der Waals surface area contributed by atoms with E-state index >= 15 is 0 Å². The Morgan fingerprint density at radius 3 is 2.36 bits per heavy atom. The Labute approximate surface area is 216 Å². The fraction of sp³-hybridized carbons (Fsp3) is 0.0357. The minimum atomic E-state index is -0.628. The molecule has 0 saturated carbocycles. The Kier molecular flexibility index (Phi) is 7.25. The second-order valence-corrected chi connectivity index (χ2v) is 9.74. The maximum Gasteiger partial charge on any atom is 0.357 e. The number of ether oxygens (including phenoxy) is 1. The zero-order valence-electron chi connectivity index (χ0n) is 19.0. The van der Waals surface area contributed by atoms with Crippen LogP contribution in [0.3, 0.4) is 0 Å². The lowest BCUT2D eigenvalue weighted by molar-refractivity contribution is -0.119. The van der Waals surface area contributed by atoms with Crippen LogP contribution in [-0.4, -0.2) is 28.3 Å². The Morgan fingerprint density at radius 2 is 1.61 bits per heavy atom. The smallest absolute Gasteiger partial charge is 0.357 e. The maximum absolute atomic E-state index is 13.0. The highest BCUT2D eigenvalue weighted by molar-refractivity contribution is 7.99. The van der Waals surface area contributed by atoms with Crippen LogP contribution in [0.15, 0.2) is 118 Å².